The Labute approximate surface area is 147 Å². The highest BCUT2D eigenvalue weighted by Crippen LogP contribution is 2.12. The second-order valence-corrected chi connectivity index (χ2v) is 6.53. The normalized spacial score (nSPS) is 10.4. The molecule has 128 valence electrons. The predicted octanol–water partition coefficient (Wildman–Crippen LogP) is 2.58. The second kappa shape index (κ2) is 8.11. The van der Waals surface area contributed by atoms with Gasteiger partial charge in [0, 0.05) is 22.9 Å². The molecule has 0 aliphatic heterocycles. The van der Waals surface area contributed by atoms with Crippen molar-refractivity contribution in [2.45, 2.75) is 20.8 Å². The largest absolute Gasteiger partial charge is 0.347 e. The molecule has 0 fully saturated rings. The van der Waals surface area contributed by atoms with Gasteiger partial charge in [0.2, 0.25) is 11.8 Å². The second-order valence-electron chi connectivity index (χ2n) is 6.53. The van der Waals surface area contributed by atoms with Gasteiger partial charge in [-0.1, -0.05) is 38.8 Å². The number of carbonyl (C=O) groups excluding carboxylic acids is 2. The first-order chi connectivity index (χ1) is 11.8. The van der Waals surface area contributed by atoms with E-state index >= 15 is 0 Å². The van der Waals surface area contributed by atoms with Crippen LogP contribution in [0.3, 0.4) is 0 Å². The van der Waals surface area contributed by atoms with E-state index in [2.05, 4.69) is 27.5 Å². The highest BCUT2D eigenvalue weighted by Gasteiger charge is 2.21. The maximum Gasteiger partial charge on any atom is 0.243 e. The molecule has 1 aromatic heterocycles. The molecule has 25 heavy (non-hydrogen) atoms. The van der Waals surface area contributed by atoms with Crippen molar-refractivity contribution in [3.05, 3.63) is 59.9 Å². The molecule has 5 nitrogen and oxygen atoms in total. The lowest BCUT2D eigenvalue weighted by atomic mass is 9.96. The summed E-state index contributed by atoms with van der Waals surface area (Å²) in [7, 11) is 0. The van der Waals surface area contributed by atoms with E-state index in [4.69, 9.17) is 0 Å². The molecule has 2 N–H and O–H groups in total. The first kappa shape index (κ1) is 18.2. The van der Waals surface area contributed by atoms with Gasteiger partial charge in [-0.25, -0.2) is 4.98 Å². The molecule has 5 heteroatoms. The molecule has 0 aliphatic carbocycles. The third-order valence-corrected chi connectivity index (χ3v) is 3.24. The van der Waals surface area contributed by atoms with Gasteiger partial charge in [-0.3, -0.25) is 9.59 Å². The van der Waals surface area contributed by atoms with Crippen LogP contribution in [0.15, 0.2) is 48.7 Å². The van der Waals surface area contributed by atoms with Gasteiger partial charge in [0.25, 0.3) is 0 Å². The summed E-state index contributed by atoms with van der Waals surface area (Å²) in [5, 5.41) is 5.37. The number of hydrogen-bond donors (Lipinski definition) is 2. The molecule has 0 bridgehead atoms. The summed E-state index contributed by atoms with van der Waals surface area (Å²) < 4.78 is 0. The van der Waals surface area contributed by atoms with E-state index in [1.807, 2.05) is 30.3 Å². The molecule has 0 aliphatic rings. The minimum absolute atomic E-state index is 0.0695. The van der Waals surface area contributed by atoms with Crippen molar-refractivity contribution in [3.8, 4) is 11.8 Å². The average molecular weight is 335 g/mol. The monoisotopic (exact) mass is 335 g/mol. The predicted molar refractivity (Wildman–Crippen MR) is 97.8 cm³/mol. The standard InChI is InChI=1S/C20H21N3O2/c1-20(2,3)19(25)22-14-18(24)23-17-9-6-7-15(13-17)10-11-16-8-4-5-12-21-16/h4-9,12-13H,14H2,1-3H3,(H,22,25)(H,23,24). The average Bonchev–Trinajstić information content (AvgIpc) is 2.58. The van der Waals surface area contributed by atoms with Crippen molar-refractivity contribution < 1.29 is 9.59 Å². The molecule has 0 unspecified atom stereocenters. The Bertz CT molecular complexity index is 812. The minimum Gasteiger partial charge on any atom is -0.347 e. The van der Waals surface area contributed by atoms with E-state index in [1.165, 1.54) is 0 Å². The fourth-order valence-corrected chi connectivity index (χ4v) is 1.88. The van der Waals surface area contributed by atoms with E-state index in [9.17, 15) is 9.59 Å². The molecule has 0 radical (unpaired) electrons. The van der Waals surface area contributed by atoms with E-state index < -0.39 is 5.41 Å². The number of carbonyl (C=O) groups is 2. The van der Waals surface area contributed by atoms with Gasteiger partial charge < -0.3 is 10.6 Å². The van der Waals surface area contributed by atoms with E-state index in [0.29, 0.717) is 11.4 Å². The van der Waals surface area contributed by atoms with Gasteiger partial charge in [-0.2, -0.15) is 0 Å². The highest BCUT2D eigenvalue weighted by atomic mass is 16.2. The third kappa shape index (κ3) is 6.11. The summed E-state index contributed by atoms with van der Waals surface area (Å²) in [5.74, 6) is 5.52. The summed E-state index contributed by atoms with van der Waals surface area (Å²) in [6.07, 6.45) is 1.69. The zero-order valence-corrected chi connectivity index (χ0v) is 14.6. The smallest absolute Gasteiger partial charge is 0.243 e. The van der Waals surface area contributed by atoms with Crippen LogP contribution in [0.1, 0.15) is 32.0 Å². The van der Waals surface area contributed by atoms with Crippen LogP contribution in [0.4, 0.5) is 5.69 Å². The molecular weight excluding hydrogens is 314 g/mol. The maximum atomic E-state index is 12.0. The Hall–Kier alpha value is -3.13. The van der Waals surface area contributed by atoms with Crippen molar-refractivity contribution in [2.75, 3.05) is 11.9 Å². The van der Waals surface area contributed by atoms with Crippen molar-refractivity contribution in [1.82, 2.24) is 10.3 Å². The van der Waals surface area contributed by atoms with Crippen LogP contribution < -0.4 is 10.6 Å². The fraction of sp³-hybridized carbons (Fsp3) is 0.250. The van der Waals surface area contributed by atoms with Gasteiger partial charge >= 0.3 is 0 Å². The molecule has 0 atom stereocenters. The molecule has 0 saturated carbocycles. The number of aromatic nitrogens is 1. The number of benzene rings is 1. The number of pyridine rings is 1. The Balaban J connectivity index is 1.96. The van der Waals surface area contributed by atoms with Crippen LogP contribution in [0.2, 0.25) is 0 Å². The van der Waals surface area contributed by atoms with Crippen molar-refractivity contribution in [3.63, 3.8) is 0 Å². The number of nitrogens with one attached hydrogen (secondary N) is 2. The van der Waals surface area contributed by atoms with E-state index in [-0.39, 0.29) is 18.4 Å². The lowest BCUT2D eigenvalue weighted by molar-refractivity contribution is -0.130. The Kier molecular flexibility index (Phi) is 5.91. The van der Waals surface area contributed by atoms with Gasteiger partial charge in [0.15, 0.2) is 0 Å². The minimum atomic E-state index is -0.527. The summed E-state index contributed by atoms with van der Waals surface area (Å²) in [4.78, 5) is 27.9. The first-order valence-electron chi connectivity index (χ1n) is 7.96. The van der Waals surface area contributed by atoms with Gasteiger partial charge in [-0.15, -0.1) is 0 Å². The van der Waals surface area contributed by atoms with Crippen LogP contribution in [0, 0.1) is 17.3 Å². The van der Waals surface area contributed by atoms with E-state index in [0.717, 1.165) is 5.56 Å². The molecule has 1 aromatic carbocycles. The van der Waals surface area contributed by atoms with Crippen LogP contribution >= 0.6 is 0 Å². The van der Waals surface area contributed by atoms with Crippen molar-refractivity contribution in [1.29, 1.82) is 0 Å². The first-order valence-corrected chi connectivity index (χ1v) is 7.96. The molecule has 2 amide bonds. The molecule has 2 aromatic rings. The van der Waals surface area contributed by atoms with Crippen molar-refractivity contribution >= 4 is 17.5 Å². The number of nitrogens with zero attached hydrogens (tertiary/aromatic N) is 1. The SMILES string of the molecule is CC(C)(C)C(=O)NCC(=O)Nc1cccc(C#Cc2ccccn2)c1. The van der Waals surface area contributed by atoms with Crippen LogP contribution in [0.25, 0.3) is 0 Å². The summed E-state index contributed by atoms with van der Waals surface area (Å²) in [6.45, 7) is 5.32. The van der Waals surface area contributed by atoms with E-state index in [1.54, 1.807) is 39.1 Å². The molecule has 0 saturated heterocycles. The lowest BCUT2D eigenvalue weighted by Crippen LogP contribution is -2.39. The Morgan fingerprint density at radius 1 is 1.08 bits per heavy atom. The highest BCUT2D eigenvalue weighted by molar-refractivity contribution is 5.95. The number of hydrogen-bond acceptors (Lipinski definition) is 3. The quantitative estimate of drug-likeness (QED) is 0.847. The molecule has 0 spiro atoms. The van der Waals surface area contributed by atoms with Crippen LogP contribution in [0.5, 0.6) is 0 Å². The number of anilines is 1. The molecular formula is C20H21N3O2. The topological polar surface area (TPSA) is 71.1 Å². The zero-order chi connectivity index (χ0) is 18.3. The van der Waals surface area contributed by atoms with Crippen LogP contribution in [-0.4, -0.2) is 23.3 Å². The maximum absolute atomic E-state index is 12.0. The summed E-state index contributed by atoms with van der Waals surface area (Å²) in [5.41, 5.74) is 1.55. The molecule has 1 heterocycles. The van der Waals surface area contributed by atoms with Gasteiger partial charge in [0.1, 0.15) is 5.69 Å². The van der Waals surface area contributed by atoms with Gasteiger partial charge in [-0.05, 0) is 36.3 Å². The van der Waals surface area contributed by atoms with Crippen LogP contribution in [-0.2, 0) is 9.59 Å². The summed E-state index contributed by atoms with van der Waals surface area (Å²) in [6, 6.07) is 12.8. The Morgan fingerprint density at radius 3 is 2.56 bits per heavy atom. The molecule has 2 rings (SSSR count). The summed E-state index contributed by atoms with van der Waals surface area (Å²) >= 11 is 0. The number of rotatable bonds is 3. The van der Waals surface area contributed by atoms with Gasteiger partial charge in [0.05, 0.1) is 6.54 Å². The lowest BCUT2D eigenvalue weighted by Gasteiger charge is -2.17. The third-order valence-electron chi connectivity index (χ3n) is 3.24. The van der Waals surface area contributed by atoms with Crippen molar-refractivity contribution in [2.24, 2.45) is 5.41 Å². The Morgan fingerprint density at radius 2 is 1.88 bits per heavy atom. The zero-order valence-electron chi connectivity index (χ0n) is 14.6. The number of amides is 2. The fourth-order valence-electron chi connectivity index (χ4n) is 1.88.